The van der Waals surface area contributed by atoms with Crippen LogP contribution in [0.25, 0.3) is 0 Å². The lowest BCUT2D eigenvalue weighted by Gasteiger charge is -2.16. The molecule has 72 valence electrons. The topological polar surface area (TPSA) is 35.2 Å². The molecule has 0 bridgehead atoms. The summed E-state index contributed by atoms with van der Waals surface area (Å²) in [5.41, 5.74) is 7.16. The van der Waals surface area contributed by atoms with E-state index >= 15 is 0 Å². The van der Waals surface area contributed by atoms with Crippen LogP contribution in [0.4, 0.5) is 0 Å². The number of nitrogens with two attached hydrogens (primary N) is 1. The maximum Gasteiger partial charge on any atom is 0.0561 e. The number of benzene rings is 1. The molecular formula is C11H17NO. The van der Waals surface area contributed by atoms with Gasteiger partial charge in [-0.1, -0.05) is 30.3 Å². The van der Waals surface area contributed by atoms with E-state index < -0.39 is 0 Å². The molecule has 0 radical (unpaired) electrons. The zero-order valence-electron chi connectivity index (χ0n) is 8.23. The molecule has 2 nitrogen and oxygen atoms in total. The highest BCUT2D eigenvalue weighted by Gasteiger charge is 2.09. The minimum Gasteiger partial charge on any atom is -0.382 e. The Morgan fingerprint density at radius 3 is 2.46 bits per heavy atom. The Labute approximate surface area is 79.7 Å². The van der Waals surface area contributed by atoms with Gasteiger partial charge in [-0.05, 0) is 18.9 Å². The standard InChI is InChI=1S/C11H17NO/c1-9(13-2)8-11(12)10-6-4-3-5-7-10/h3-7,9,11H,8,12H2,1-2H3. The molecule has 0 fully saturated rings. The van der Waals surface area contributed by atoms with Crippen LogP contribution in [0.2, 0.25) is 0 Å². The van der Waals surface area contributed by atoms with Crippen LogP contribution in [-0.2, 0) is 4.74 Å². The van der Waals surface area contributed by atoms with Crippen LogP contribution < -0.4 is 5.73 Å². The highest BCUT2D eigenvalue weighted by Crippen LogP contribution is 2.15. The SMILES string of the molecule is COC(C)CC(N)c1ccccc1. The summed E-state index contributed by atoms with van der Waals surface area (Å²) in [5, 5.41) is 0. The molecule has 0 heterocycles. The van der Waals surface area contributed by atoms with E-state index in [0.717, 1.165) is 6.42 Å². The predicted molar refractivity (Wildman–Crippen MR) is 54.5 cm³/mol. The maximum absolute atomic E-state index is 5.99. The van der Waals surface area contributed by atoms with Gasteiger partial charge in [-0.3, -0.25) is 0 Å². The van der Waals surface area contributed by atoms with Crippen LogP contribution >= 0.6 is 0 Å². The number of hydrogen-bond donors (Lipinski definition) is 1. The molecule has 2 N–H and O–H groups in total. The van der Waals surface area contributed by atoms with Crippen molar-refractivity contribution in [2.75, 3.05) is 7.11 Å². The maximum atomic E-state index is 5.99. The van der Waals surface area contributed by atoms with Gasteiger partial charge in [0.05, 0.1) is 6.10 Å². The molecule has 0 aromatic heterocycles. The summed E-state index contributed by atoms with van der Waals surface area (Å²) < 4.78 is 5.16. The first kappa shape index (κ1) is 10.2. The second kappa shape index (κ2) is 5.00. The molecule has 2 atom stereocenters. The van der Waals surface area contributed by atoms with E-state index in [1.54, 1.807) is 7.11 Å². The Bertz CT molecular complexity index is 235. The van der Waals surface area contributed by atoms with Gasteiger partial charge in [0.15, 0.2) is 0 Å². The summed E-state index contributed by atoms with van der Waals surface area (Å²) in [4.78, 5) is 0. The fraction of sp³-hybridized carbons (Fsp3) is 0.455. The van der Waals surface area contributed by atoms with E-state index in [-0.39, 0.29) is 12.1 Å². The van der Waals surface area contributed by atoms with Gasteiger partial charge in [0.25, 0.3) is 0 Å². The van der Waals surface area contributed by atoms with Crippen molar-refractivity contribution >= 4 is 0 Å². The van der Waals surface area contributed by atoms with E-state index in [4.69, 9.17) is 10.5 Å². The molecule has 0 saturated heterocycles. The zero-order chi connectivity index (χ0) is 9.68. The molecule has 1 rings (SSSR count). The highest BCUT2D eigenvalue weighted by atomic mass is 16.5. The average molecular weight is 179 g/mol. The number of rotatable bonds is 4. The van der Waals surface area contributed by atoms with Crippen molar-refractivity contribution in [1.29, 1.82) is 0 Å². The average Bonchev–Trinajstić information content (AvgIpc) is 2.19. The van der Waals surface area contributed by atoms with Gasteiger partial charge in [-0.15, -0.1) is 0 Å². The molecule has 2 heteroatoms. The van der Waals surface area contributed by atoms with Crippen LogP contribution in [0.5, 0.6) is 0 Å². The van der Waals surface area contributed by atoms with Gasteiger partial charge in [0, 0.05) is 13.2 Å². The van der Waals surface area contributed by atoms with Crippen molar-refractivity contribution in [3.05, 3.63) is 35.9 Å². The minimum atomic E-state index is 0.0798. The number of ether oxygens (including phenoxy) is 1. The van der Waals surface area contributed by atoms with Crippen molar-refractivity contribution in [3.63, 3.8) is 0 Å². The van der Waals surface area contributed by atoms with Crippen molar-refractivity contribution < 1.29 is 4.74 Å². The lowest BCUT2D eigenvalue weighted by atomic mass is 10.0. The summed E-state index contributed by atoms with van der Waals surface area (Å²) in [6, 6.07) is 10.2. The molecule has 0 aliphatic rings. The molecule has 0 spiro atoms. The Hall–Kier alpha value is -0.860. The smallest absolute Gasteiger partial charge is 0.0561 e. The van der Waals surface area contributed by atoms with Crippen molar-refractivity contribution in [3.8, 4) is 0 Å². The Balaban J connectivity index is 2.53. The van der Waals surface area contributed by atoms with Gasteiger partial charge < -0.3 is 10.5 Å². The van der Waals surface area contributed by atoms with Gasteiger partial charge in [0.2, 0.25) is 0 Å². The second-order valence-corrected chi connectivity index (χ2v) is 3.30. The first-order valence-electron chi connectivity index (χ1n) is 4.57. The van der Waals surface area contributed by atoms with Crippen molar-refractivity contribution in [2.45, 2.75) is 25.5 Å². The van der Waals surface area contributed by atoms with Crippen molar-refractivity contribution in [1.82, 2.24) is 0 Å². The summed E-state index contributed by atoms with van der Waals surface area (Å²) in [5.74, 6) is 0. The second-order valence-electron chi connectivity index (χ2n) is 3.30. The summed E-state index contributed by atoms with van der Waals surface area (Å²) in [6.07, 6.45) is 1.08. The van der Waals surface area contributed by atoms with E-state index in [9.17, 15) is 0 Å². The third-order valence-electron chi connectivity index (χ3n) is 2.22. The molecule has 0 aliphatic heterocycles. The van der Waals surface area contributed by atoms with Crippen LogP contribution in [-0.4, -0.2) is 13.2 Å². The molecule has 1 aromatic carbocycles. The third-order valence-corrected chi connectivity index (χ3v) is 2.22. The van der Waals surface area contributed by atoms with Crippen LogP contribution in [0.3, 0.4) is 0 Å². The summed E-state index contributed by atoms with van der Waals surface area (Å²) in [7, 11) is 1.71. The van der Waals surface area contributed by atoms with Crippen LogP contribution in [0.1, 0.15) is 24.9 Å². The van der Waals surface area contributed by atoms with Gasteiger partial charge in [-0.2, -0.15) is 0 Å². The molecule has 0 amide bonds. The van der Waals surface area contributed by atoms with E-state index in [1.807, 2.05) is 37.3 Å². The Morgan fingerprint density at radius 2 is 1.92 bits per heavy atom. The third kappa shape index (κ3) is 3.17. The Kier molecular flexibility index (Phi) is 3.93. The first-order valence-corrected chi connectivity index (χ1v) is 4.57. The lowest BCUT2D eigenvalue weighted by molar-refractivity contribution is 0.104. The summed E-state index contributed by atoms with van der Waals surface area (Å²) >= 11 is 0. The van der Waals surface area contributed by atoms with Crippen LogP contribution in [0.15, 0.2) is 30.3 Å². The van der Waals surface area contributed by atoms with Crippen LogP contribution in [0, 0.1) is 0 Å². The Morgan fingerprint density at radius 1 is 1.31 bits per heavy atom. The molecular weight excluding hydrogens is 162 g/mol. The zero-order valence-corrected chi connectivity index (χ0v) is 8.23. The quantitative estimate of drug-likeness (QED) is 0.768. The van der Waals surface area contributed by atoms with E-state index in [1.165, 1.54) is 5.56 Å². The molecule has 13 heavy (non-hydrogen) atoms. The fourth-order valence-corrected chi connectivity index (χ4v) is 1.29. The highest BCUT2D eigenvalue weighted by molar-refractivity contribution is 5.18. The lowest BCUT2D eigenvalue weighted by Crippen LogP contribution is -2.17. The molecule has 0 saturated carbocycles. The first-order chi connectivity index (χ1) is 6.24. The number of methoxy groups -OCH3 is 1. The largest absolute Gasteiger partial charge is 0.382 e. The molecule has 0 aliphatic carbocycles. The number of hydrogen-bond acceptors (Lipinski definition) is 2. The predicted octanol–water partition coefficient (Wildman–Crippen LogP) is 2.11. The molecule has 2 unspecified atom stereocenters. The van der Waals surface area contributed by atoms with E-state index in [2.05, 4.69) is 0 Å². The van der Waals surface area contributed by atoms with Gasteiger partial charge in [0.1, 0.15) is 0 Å². The van der Waals surface area contributed by atoms with Gasteiger partial charge >= 0.3 is 0 Å². The van der Waals surface area contributed by atoms with Crippen molar-refractivity contribution in [2.24, 2.45) is 5.73 Å². The minimum absolute atomic E-state index is 0.0798. The monoisotopic (exact) mass is 179 g/mol. The summed E-state index contributed by atoms with van der Waals surface area (Å²) in [6.45, 7) is 2.03. The fourth-order valence-electron chi connectivity index (χ4n) is 1.29. The molecule has 1 aromatic rings. The van der Waals surface area contributed by atoms with E-state index in [0.29, 0.717) is 0 Å². The van der Waals surface area contributed by atoms with Gasteiger partial charge in [-0.25, -0.2) is 0 Å². The normalized spacial score (nSPS) is 15.3.